The molecule has 0 bridgehead atoms. The van der Waals surface area contributed by atoms with Crippen molar-refractivity contribution < 1.29 is 4.42 Å². The van der Waals surface area contributed by atoms with Crippen molar-refractivity contribution in [2.24, 2.45) is 0 Å². The average Bonchev–Trinajstić information content (AvgIpc) is 3.55. The lowest BCUT2D eigenvalue weighted by molar-refractivity contribution is 0.661. The number of aromatic nitrogens is 2. The third-order valence-corrected chi connectivity index (χ3v) is 9.64. The first kappa shape index (κ1) is 20.8. The SMILES string of the molecule is c1ccc(-c2cccc3c2oc2c4c5ccccc5n5c6ccccc6sc(c6c7ccccc7n3c26)c45)cc1. The van der Waals surface area contributed by atoms with E-state index in [-0.39, 0.29) is 0 Å². The van der Waals surface area contributed by atoms with Gasteiger partial charge in [-0.25, -0.2) is 0 Å². The summed E-state index contributed by atoms with van der Waals surface area (Å²) in [4.78, 5) is 0. The Labute approximate surface area is 231 Å². The fourth-order valence-electron chi connectivity index (χ4n) is 6.90. The quantitative estimate of drug-likeness (QED) is 0.194. The molecule has 0 N–H and O–H groups in total. The summed E-state index contributed by atoms with van der Waals surface area (Å²) < 4.78 is 14.6. The molecule has 4 heteroatoms. The molecule has 0 atom stereocenters. The average molecular weight is 529 g/mol. The highest BCUT2D eigenvalue weighted by Gasteiger charge is 2.26. The van der Waals surface area contributed by atoms with Gasteiger partial charge in [-0.05, 0) is 35.9 Å². The van der Waals surface area contributed by atoms with Crippen molar-refractivity contribution in [2.75, 3.05) is 0 Å². The van der Waals surface area contributed by atoms with Gasteiger partial charge in [0.25, 0.3) is 0 Å². The zero-order valence-corrected chi connectivity index (χ0v) is 22.1. The number of para-hydroxylation sites is 4. The molecule has 40 heavy (non-hydrogen) atoms. The Bertz CT molecular complexity index is 2640. The highest BCUT2D eigenvalue weighted by Crippen LogP contribution is 2.49. The molecular formula is C36H20N2OS. The minimum atomic E-state index is 0.903. The van der Waals surface area contributed by atoms with Crippen LogP contribution in [0.25, 0.3) is 86.3 Å². The molecule has 0 saturated heterocycles. The fraction of sp³-hybridized carbons (Fsp3) is 0. The summed E-state index contributed by atoms with van der Waals surface area (Å²) in [5, 5.41) is 4.90. The normalized spacial score (nSPS) is 12.5. The van der Waals surface area contributed by atoms with Crippen molar-refractivity contribution in [3.05, 3.63) is 121 Å². The number of rotatable bonds is 1. The predicted octanol–water partition coefficient (Wildman–Crippen LogP) is 10.4. The zero-order chi connectivity index (χ0) is 25.9. The molecule has 0 amide bonds. The third-order valence-electron chi connectivity index (χ3n) is 8.48. The van der Waals surface area contributed by atoms with E-state index in [1.807, 2.05) is 11.3 Å². The van der Waals surface area contributed by atoms with E-state index >= 15 is 0 Å². The lowest BCUT2D eigenvalue weighted by atomic mass is 10.0. The van der Waals surface area contributed by atoms with Gasteiger partial charge in [-0.3, -0.25) is 0 Å². The maximum absolute atomic E-state index is 7.17. The molecular weight excluding hydrogens is 508 g/mol. The van der Waals surface area contributed by atoms with Crippen molar-refractivity contribution >= 4 is 86.5 Å². The zero-order valence-electron chi connectivity index (χ0n) is 21.3. The lowest BCUT2D eigenvalue weighted by Gasteiger charge is -2.13. The van der Waals surface area contributed by atoms with Crippen LogP contribution >= 0.6 is 11.3 Å². The monoisotopic (exact) mass is 528 g/mol. The van der Waals surface area contributed by atoms with E-state index in [4.69, 9.17) is 4.42 Å². The highest BCUT2D eigenvalue weighted by atomic mass is 32.1. The first-order chi connectivity index (χ1) is 19.9. The summed E-state index contributed by atoms with van der Waals surface area (Å²) in [7, 11) is 0. The molecule has 0 saturated carbocycles. The molecule has 0 radical (unpaired) electrons. The van der Waals surface area contributed by atoms with Gasteiger partial charge in [0.1, 0.15) is 0 Å². The van der Waals surface area contributed by atoms with Crippen LogP contribution in [0.4, 0.5) is 0 Å². The molecule has 0 aliphatic carbocycles. The van der Waals surface area contributed by atoms with E-state index in [1.165, 1.54) is 53.0 Å². The van der Waals surface area contributed by atoms with Crippen LogP contribution in [0.3, 0.4) is 0 Å². The van der Waals surface area contributed by atoms with E-state index < -0.39 is 0 Å². The first-order valence-corrected chi connectivity index (χ1v) is 14.4. The summed E-state index contributed by atoms with van der Waals surface area (Å²) >= 11 is 1.88. The van der Waals surface area contributed by atoms with Crippen molar-refractivity contribution in [3.63, 3.8) is 0 Å². The number of hydrogen-bond acceptors (Lipinski definition) is 2. The Balaban J connectivity index is 1.61. The smallest absolute Gasteiger partial charge is 0.162 e. The van der Waals surface area contributed by atoms with Gasteiger partial charge in [-0.1, -0.05) is 91.0 Å². The van der Waals surface area contributed by atoms with Gasteiger partial charge in [0.2, 0.25) is 0 Å². The number of benzene rings is 6. The largest absolute Gasteiger partial charge is 0.452 e. The van der Waals surface area contributed by atoms with Crippen LogP contribution in [-0.4, -0.2) is 8.80 Å². The van der Waals surface area contributed by atoms with Gasteiger partial charge >= 0.3 is 0 Å². The topological polar surface area (TPSA) is 22.0 Å². The molecule has 3 nitrogen and oxygen atoms in total. The van der Waals surface area contributed by atoms with E-state index in [2.05, 4.69) is 130 Å². The van der Waals surface area contributed by atoms with E-state index in [0.29, 0.717) is 0 Å². The standard InChI is InChI=1S/C36H20N2OS/c1-2-11-21(12-3-1)22-15-10-19-28-34(22)39-35-30-23-13-4-6-16-25(23)37-27-18-8-9-20-29(27)40-36(33(30)37)31-24-14-5-7-17-26(24)38(28)32(31)35/h1-20H. The molecule has 4 heterocycles. The van der Waals surface area contributed by atoms with Gasteiger partial charge in [-0.2, -0.15) is 0 Å². The summed E-state index contributed by atoms with van der Waals surface area (Å²) in [6.45, 7) is 0. The van der Waals surface area contributed by atoms with Crippen molar-refractivity contribution in [1.82, 2.24) is 8.80 Å². The van der Waals surface area contributed by atoms with Crippen LogP contribution < -0.4 is 0 Å². The fourth-order valence-corrected chi connectivity index (χ4v) is 8.13. The van der Waals surface area contributed by atoms with Crippen LogP contribution in [0.1, 0.15) is 0 Å². The Kier molecular flexibility index (Phi) is 3.81. The molecule has 186 valence electrons. The van der Waals surface area contributed by atoms with Crippen molar-refractivity contribution in [2.45, 2.75) is 0 Å². The summed E-state index contributed by atoms with van der Waals surface area (Å²) in [5.74, 6) is 0. The van der Waals surface area contributed by atoms with Crippen molar-refractivity contribution in [3.8, 4) is 11.1 Å². The predicted molar refractivity (Wildman–Crippen MR) is 169 cm³/mol. The second-order valence-electron chi connectivity index (χ2n) is 10.5. The number of fused-ring (bicyclic) bond motifs is 12. The molecule has 0 aliphatic heterocycles. The van der Waals surface area contributed by atoms with Crippen LogP contribution in [-0.2, 0) is 0 Å². The molecule has 0 fully saturated rings. The van der Waals surface area contributed by atoms with Crippen molar-refractivity contribution in [1.29, 1.82) is 0 Å². The Morgan fingerprint density at radius 2 is 1.10 bits per heavy atom. The van der Waals surface area contributed by atoms with Crippen LogP contribution in [0, 0.1) is 0 Å². The van der Waals surface area contributed by atoms with E-state index in [0.717, 1.165) is 33.3 Å². The second kappa shape index (κ2) is 7.32. The molecule has 0 unspecified atom stereocenters. The summed E-state index contributed by atoms with van der Waals surface area (Å²) in [6, 6.07) is 43.4. The third kappa shape index (κ3) is 2.42. The number of hydrogen-bond donors (Lipinski definition) is 0. The van der Waals surface area contributed by atoms with Crippen LogP contribution in [0.5, 0.6) is 0 Å². The summed E-state index contributed by atoms with van der Waals surface area (Å²) in [5.41, 5.74) is 11.2. The molecule has 0 spiro atoms. The van der Waals surface area contributed by atoms with Gasteiger partial charge in [0, 0.05) is 21.7 Å². The molecule has 10 rings (SSSR count). The highest BCUT2D eigenvalue weighted by molar-refractivity contribution is 7.25. The summed E-state index contributed by atoms with van der Waals surface area (Å²) in [6.07, 6.45) is 0. The minimum Gasteiger partial charge on any atom is -0.452 e. The van der Waals surface area contributed by atoms with Gasteiger partial charge in [0.15, 0.2) is 11.2 Å². The van der Waals surface area contributed by atoms with E-state index in [9.17, 15) is 0 Å². The maximum atomic E-state index is 7.17. The van der Waals surface area contributed by atoms with E-state index in [1.54, 1.807) is 0 Å². The molecule has 0 aliphatic rings. The Hall–Kier alpha value is -5.06. The molecule has 4 aromatic heterocycles. The molecule has 6 aromatic carbocycles. The Morgan fingerprint density at radius 3 is 1.90 bits per heavy atom. The first-order valence-electron chi connectivity index (χ1n) is 13.5. The Morgan fingerprint density at radius 1 is 0.475 bits per heavy atom. The van der Waals surface area contributed by atoms with Crippen LogP contribution in [0.15, 0.2) is 126 Å². The van der Waals surface area contributed by atoms with Gasteiger partial charge in [-0.15, -0.1) is 11.3 Å². The van der Waals surface area contributed by atoms with Crippen LogP contribution in [0.2, 0.25) is 0 Å². The second-order valence-corrected chi connectivity index (χ2v) is 11.6. The lowest BCUT2D eigenvalue weighted by Crippen LogP contribution is -1.93. The van der Waals surface area contributed by atoms with Gasteiger partial charge < -0.3 is 13.2 Å². The maximum Gasteiger partial charge on any atom is 0.162 e. The number of nitrogens with zero attached hydrogens (tertiary/aromatic N) is 2. The molecule has 10 aromatic rings. The minimum absolute atomic E-state index is 0.903. The van der Waals surface area contributed by atoms with Gasteiger partial charge in [0.05, 0.1) is 47.9 Å².